The van der Waals surface area contributed by atoms with Crippen molar-refractivity contribution in [2.75, 3.05) is 26.7 Å². The predicted molar refractivity (Wildman–Crippen MR) is 93.3 cm³/mol. The molecule has 1 heterocycles. The lowest BCUT2D eigenvalue weighted by Gasteiger charge is -2.25. The van der Waals surface area contributed by atoms with Crippen LogP contribution in [-0.2, 0) is 4.79 Å². The molecular weight excluding hydrogens is 260 g/mol. The van der Waals surface area contributed by atoms with Gasteiger partial charge in [0.15, 0.2) is 0 Å². The lowest BCUT2D eigenvalue weighted by molar-refractivity contribution is -0.107. The second-order valence-electron chi connectivity index (χ2n) is 5.72. The van der Waals surface area contributed by atoms with Gasteiger partial charge >= 0.3 is 0 Å². The molecule has 0 amide bonds. The smallest absolute Gasteiger partial charge is 0.124 e. The maximum atomic E-state index is 10.3. The Hall–Kier alpha value is -0.960. The highest BCUT2D eigenvalue weighted by atomic mass is 16.1. The number of carbonyl (C=O) groups is 1. The Morgan fingerprint density at radius 1 is 1.14 bits per heavy atom. The highest BCUT2D eigenvalue weighted by Crippen LogP contribution is 2.11. The highest BCUT2D eigenvalue weighted by molar-refractivity contribution is 5.83. The van der Waals surface area contributed by atoms with Crippen LogP contribution in [0, 0.1) is 0 Å². The molecule has 0 spiro atoms. The molecule has 3 heteroatoms. The lowest BCUT2D eigenvalue weighted by atomic mass is 10.0. The fourth-order valence-electron chi connectivity index (χ4n) is 2.62. The standard InChI is InChI=1S/C10H17NO.C8H17N/c1-4-5-9(2)10(6-7-12)8-11-3;1-2-6-9-7-4-3-5-8-9/h7-8H,4-6H2,1-3H3;2-8H2,1H3/b10-9+,11-8?;. The minimum Gasteiger partial charge on any atom is -0.303 e. The molecule has 0 aromatic rings. The van der Waals surface area contributed by atoms with Crippen molar-refractivity contribution in [3.8, 4) is 0 Å². The maximum Gasteiger partial charge on any atom is 0.124 e. The Morgan fingerprint density at radius 3 is 2.29 bits per heavy atom. The molecule has 0 aliphatic carbocycles. The van der Waals surface area contributed by atoms with Gasteiger partial charge in [-0.25, -0.2) is 0 Å². The van der Waals surface area contributed by atoms with Crippen LogP contribution in [0.1, 0.15) is 65.7 Å². The number of aldehydes is 1. The lowest BCUT2D eigenvalue weighted by Crippen LogP contribution is -2.30. The van der Waals surface area contributed by atoms with Crippen molar-refractivity contribution < 1.29 is 4.79 Å². The van der Waals surface area contributed by atoms with E-state index in [-0.39, 0.29) is 0 Å². The molecule has 1 fully saturated rings. The molecule has 0 N–H and O–H groups in total. The van der Waals surface area contributed by atoms with Gasteiger partial charge in [0.1, 0.15) is 6.29 Å². The average molecular weight is 294 g/mol. The number of hydrogen-bond acceptors (Lipinski definition) is 3. The summed E-state index contributed by atoms with van der Waals surface area (Å²) in [6.07, 6.45) is 11.0. The Kier molecular flexibility index (Phi) is 13.4. The van der Waals surface area contributed by atoms with Gasteiger partial charge in [0.25, 0.3) is 0 Å². The molecule has 1 saturated heterocycles. The van der Waals surface area contributed by atoms with Crippen molar-refractivity contribution in [1.82, 2.24) is 4.90 Å². The van der Waals surface area contributed by atoms with Gasteiger partial charge in [0.2, 0.25) is 0 Å². The molecule has 0 bridgehead atoms. The first-order valence-corrected chi connectivity index (χ1v) is 8.46. The van der Waals surface area contributed by atoms with Crippen molar-refractivity contribution in [3.05, 3.63) is 11.1 Å². The predicted octanol–water partition coefficient (Wildman–Crippen LogP) is 4.27. The molecule has 0 atom stereocenters. The van der Waals surface area contributed by atoms with Crippen LogP contribution < -0.4 is 0 Å². The first-order chi connectivity index (χ1) is 10.2. The van der Waals surface area contributed by atoms with Gasteiger partial charge in [-0.2, -0.15) is 0 Å². The van der Waals surface area contributed by atoms with Crippen molar-refractivity contribution >= 4 is 12.5 Å². The zero-order valence-corrected chi connectivity index (χ0v) is 14.5. The number of aliphatic imine (C=N–C) groups is 1. The van der Waals surface area contributed by atoms with Gasteiger partial charge in [-0.1, -0.05) is 32.3 Å². The number of allylic oxidation sites excluding steroid dienone is 2. The van der Waals surface area contributed by atoms with Crippen LogP contribution in [0.25, 0.3) is 0 Å². The largest absolute Gasteiger partial charge is 0.303 e. The molecular formula is C18H34N2O. The van der Waals surface area contributed by atoms with Crippen molar-refractivity contribution in [2.45, 2.75) is 65.7 Å². The van der Waals surface area contributed by atoms with Crippen LogP contribution in [-0.4, -0.2) is 44.1 Å². The normalized spacial score (nSPS) is 17.1. The summed E-state index contributed by atoms with van der Waals surface area (Å²) in [6.45, 7) is 10.5. The summed E-state index contributed by atoms with van der Waals surface area (Å²) in [5.74, 6) is 0. The van der Waals surface area contributed by atoms with E-state index in [1.165, 1.54) is 50.9 Å². The van der Waals surface area contributed by atoms with Gasteiger partial charge < -0.3 is 9.69 Å². The van der Waals surface area contributed by atoms with Crippen LogP contribution in [0.2, 0.25) is 0 Å². The molecule has 1 rings (SSSR count). The SMILES string of the molecule is CCC/C(C)=C(/C=NC)CC=O.CCCN1CCCCC1. The minimum atomic E-state index is 0.489. The number of piperidine rings is 1. The van der Waals surface area contributed by atoms with Crippen LogP contribution in [0.4, 0.5) is 0 Å². The number of rotatable bonds is 7. The molecule has 1 aliphatic rings. The summed E-state index contributed by atoms with van der Waals surface area (Å²) < 4.78 is 0. The fraction of sp³-hybridized carbons (Fsp3) is 0.778. The first-order valence-electron chi connectivity index (χ1n) is 8.46. The fourth-order valence-corrected chi connectivity index (χ4v) is 2.62. The van der Waals surface area contributed by atoms with Crippen LogP contribution in [0.3, 0.4) is 0 Å². The zero-order valence-electron chi connectivity index (χ0n) is 14.5. The van der Waals surface area contributed by atoms with E-state index in [1.54, 1.807) is 13.3 Å². The number of carbonyl (C=O) groups excluding carboxylic acids is 1. The van der Waals surface area contributed by atoms with E-state index in [1.807, 2.05) is 0 Å². The third-order valence-electron chi connectivity index (χ3n) is 3.75. The second-order valence-corrected chi connectivity index (χ2v) is 5.72. The minimum absolute atomic E-state index is 0.489. The molecule has 0 saturated carbocycles. The summed E-state index contributed by atoms with van der Waals surface area (Å²) >= 11 is 0. The second kappa shape index (κ2) is 14.0. The topological polar surface area (TPSA) is 32.7 Å². The van der Waals surface area contributed by atoms with Crippen LogP contribution in [0.15, 0.2) is 16.1 Å². The van der Waals surface area contributed by atoms with Gasteiger partial charge in [0, 0.05) is 19.7 Å². The van der Waals surface area contributed by atoms with E-state index in [2.05, 4.69) is 30.7 Å². The Bertz CT molecular complexity index is 312. The molecule has 122 valence electrons. The number of nitrogens with zero attached hydrogens (tertiary/aromatic N) is 2. The zero-order chi connectivity index (χ0) is 15.9. The van der Waals surface area contributed by atoms with Gasteiger partial charge in [-0.05, 0) is 57.8 Å². The van der Waals surface area contributed by atoms with E-state index in [0.717, 1.165) is 24.7 Å². The van der Waals surface area contributed by atoms with Crippen molar-refractivity contribution in [3.63, 3.8) is 0 Å². The number of likely N-dealkylation sites (tertiary alicyclic amines) is 1. The Balaban J connectivity index is 0.000000394. The van der Waals surface area contributed by atoms with E-state index in [9.17, 15) is 4.79 Å². The molecule has 3 nitrogen and oxygen atoms in total. The van der Waals surface area contributed by atoms with Gasteiger partial charge in [-0.15, -0.1) is 0 Å². The van der Waals surface area contributed by atoms with Crippen molar-refractivity contribution in [1.29, 1.82) is 0 Å². The van der Waals surface area contributed by atoms with Gasteiger partial charge in [-0.3, -0.25) is 4.99 Å². The van der Waals surface area contributed by atoms with E-state index in [4.69, 9.17) is 0 Å². The summed E-state index contributed by atoms with van der Waals surface area (Å²) in [6, 6.07) is 0. The summed E-state index contributed by atoms with van der Waals surface area (Å²) in [5, 5.41) is 0. The molecule has 0 aromatic heterocycles. The Morgan fingerprint density at radius 2 is 1.81 bits per heavy atom. The molecule has 0 aromatic carbocycles. The molecule has 0 radical (unpaired) electrons. The molecule has 21 heavy (non-hydrogen) atoms. The molecule has 1 aliphatic heterocycles. The summed E-state index contributed by atoms with van der Waals surface area (Å²) in [5.41, 5.74) is 2.34. The monoisotopic (exact) mass is 294 g/mol. The number of hydrogen-bond donors (Lipinski definition) is 0. The third kappa shape index (κ3) is 10.4. The van der Waals surface area contributed by atoms with Gasteiger partial charge in [0.05, 0.1) is 0 Å². The van der Waals surface area contributed by atoms with E-state index in [0.29, 0.717) is 6.42 Å². The Labute approximate surface area is 131 Å². The average Bonchev–Trinajstić information content (AvgIpc) is 2.49. The van der Waals surface area contributed by atoms with Crippen molar-refractivity contribution in [2.24, 2.45) is 4.99 Å². The highest BCUT2D eigenvalue weighted by Gasteiger charge is 2.07. The summed E-state index contributed by atoms with van der Waals surface area (Å²) in [7, 11) is 1.73. The van der Waals surface area contributed by atoms with E-state index >= 15 is 0 Å². The maximum absolute atomic E-state index is 10.3. The van der Waals surface area contributed by atoms with Crippen LogP contribution in [0.5, 0.6) is 0 Å². The van der Waals surface area contributed by atoms with E-state index < -0.39 is 0 Å². The first kappa shape index (κ1) is 20.0. The third-order valence-corrected chi connectivity index (χ3v) is 3.75. The van der Waals surface area contributed by atoms with Crippen LogP contribution >= 0.6 is 0 Å². The summed E-state index contributed by atoms with van der Waals surface area (Å²) in [4.78, 5) is 16.8. The molecule has 0 unspecified atom stereocenters. The quantitative estimate of drug-likeness (QED) is 0.519.